The van der Waals surface area contributed by atoms with Gasteiger partial charge in [0, 0.05) is 5.56 Å². The van der Waals surface area contributed by atoms with Gasteiger partial charge in [-0.1, -0.05) is 12.1 Å². The Hall–Kier alpha value is -1.68. The first-order valence-electron chi connectivity index (χ1n) is 4.10. The van der Waals surface area contributed by atoms with Crippen molar-refractivity contribution in [2.45, 2.75) is 0 Å². The number of ketones is 1. The average Bonchev–Trinajstić information content (AvgIpc) is 2.27. The number of hydrogen-bond donors (Lipinski definition) is 1. The molecule has 0 radical (unpaired) electrons. The predicted molar refractivity (Wildman–Crippen MR) is 51.2 cm³/mol. The molecule has 4 nitrogen and oxygen atoms in total. The third kappa shape index (κ3) is 2.17. The van der Waals surface area contributed by atoms with Crippen LogP contribution in [-0.2, 0) is 4.74 Å². The van der Waals surface area contributed by atoms with E-state index in [1.54, 1.807) is 18.2 Å². The fourth-order valence-corrected chi connectivity index (χ4v) is 1.06. The van der Waals surface area contributed by atoms with Crippen molar-refractivity contribution < 1.29 is 14.3 Å². The first kappa shape index (κ1) is 10.4. The van der Waals surface area contributed by atoms with Crippen LogP contribution in [0.5, 0.6) is 0 Å². The minimum Gasteiger partial charge on any atom is -0.465 e. The highest BCUT2D eigenvalue weighted by Crippen LogP contribution is 2.06. The summed E-state index contributed by atoms with van der Waals surface area (Å²) in [6.45, 7) is -0.0649. The van der Waals surface area contributed by atoms with Crippen LogP contribution in [0, 0.1) is 0 Å². The molecule has 0 heterocycles. The van der Waals surface area contributed by atoms with Crippen molar-refractivity contribution in [2.75, 3.05) is 13.7 Å². The summed E-state index contributed by atoms with van der Waals surface area (Å²) in [5.41, 5.74) is 5.98. The Balaban J connectivity index is 3.01. The van der Waals surface area contributed by atoms with Crippen molar-refractivity contribution in [2.24, 2.45) is 5.73 Å². The van der Waals surface area contributed by atoms with Crippen LogP contribution >= 0.6 is 0 Å². The van der Waals surface area contributed by atoms with Crippen molar-refractivity contribution in [1.82, 2.24) is 0 Å². The van der Waals surface area contributed by atoms with Crippen molar-refractivity contribution in [3.63, 3.8) is 0 Å². The summed E-state index contributed by atoms with van der Waals surface area (Å²) >= 11 is 0. The van der Waals surface area contributed by atoms with Gasteiger partial charge in [0.25, 0.3) is 0 Å². The second kappa shape index (κ2) is 4.53. The van der Waals surface area contributed by atoms with Gasteiger partial charge in [-0.05, 0) is 12.1 Å². The van der Waals surface area contributed by atoms with Gasteiger partial charge in [0.15, 0.2) is 5.78 Å². The zero-order chi connectivity index (χ0) is 10.6. The number of benzene rings is 1. The third-order valence-corrected chi connectivity index (χ3v) is 1.79. The maximum Gasteiger partial charge on any atom is 0.337 e. The monoisotopic (exact) mass is 193 g/mol. The third-order valence-electron chi connectivity index (χ3n) is 1.79. The van der Waals surface area contributed by atoms with Gasteiger partial charge in [0.2, 0.25) is 0 Å². The minimum absolute atomic E-state index is 0.0649. The lowest BCUT2D eigenvalue weighted by molar-refractivity contribution is 0.0600. The number of hydrogen-bond acceptors (Lipinski definition) is 4. The molecule has 2 N–H and O–H groups in total. The molecule has 0 aliphatic rings. The fraction of sp³-hybridized carbons (Fsp3) is 0.200. The van der Waals surface area contributed by atoms with Gasteiger partial charge >= 0.3 is 5.97 Å². The van der Waals surface area contributed by atoms with Crippen molar-refractivity contribution in [1.29, 1.82) is 0 Å². The Kier molecular flexibility index (Phi) is 3.36. The minimum atomic E-state index is -0.461. The summed E-state index contributed by atoms with van der Waals surface area (Å²) in [4.78, 5) is 22.3. The molecule has 0 unspecified atom stereocenters. The lowest BCUT2D eigenvalue weighted by Gasteiger charge is -2.01. The number of carbonyl (C=O) groups excluding carboxylic acids is 2. The smallest absolute Gasteiger partial charge is 0.337 e. The van der Waals surface area contributed by atoms with Crippen LogP contribution in [0.2, 0.25) is 0 Å². The number of nitrogens with two attached hydrogens (primary N) is 1. The summed E-state index contributed by atoms with van der Waals surface area (Å²) in [5, 5.41) is 0. The van der Waals surface area contributed by atoms with Gasteiger partial charge < -0.3 is 10.5 Å². The van der Waals surface area contributed by atoms with E-state index in [2.05, 4.69) is 4.74 Å². The van der Waals surface area contributed by atoms with Crippen LogP contribution in [0.4, 0.5) is 0 Å². The first-order chi connectivity index (χ1) is 6.69. The Labute approximate surface area is 81.7 Å². The molecule has 0 atom stereocenters. The van der Waals surface area contributed by atoms with E-state index < -0.39 is 5.97 Å². The largest absolute Gasteiger partial charge is 0.465 e. The van der Waals surface area contributed by atoms with Crippen molar-refractivity contribution >= 4 is 11.8 Å². The number of methoxy groups -OCH3 is 1. The molecule has 4 heteroatoms. The number of carbonyl (C=O) groups is 2. The second-order valence-electron chi connectivity index (χ2n) is 2.70. The van der Waals surface area contributed by atoms with Gasteiger partial charge in [-0.3, -0.25) is 4.79 Å². The van der Waals surface area contributed by atoms with E-state index in [0.29, 0.717) is 11.1 Å². The van der Waals surface area contributed by atoms with E-state index in [1.807, 2.05) is 0 Å². The summed E-state index contributed by atoms with van der Waals surface area (Å²) in [5.74, 6) is -0.660. The molecular formula is C10H11NO3. The highest BCUT2D eigenvalue weighted by atomic mass is 16.5. The van der Waals surface area contributed by atoms with Crippen LogP contribution in [0.1, 0.15) is 20.7 Å². The molecule has 0 spiro atoms. The van der Waals surface area contributed by atoms with Crippen LogP contribution in [0.25, 0.3) is 0 Å². The molecule has 0 saturated carbocycles. The zero-order valence-electron chi connectivity index (χ0n) is 7.82. The molecule has 0 fully saturated rings. The quantitative estimate of drug-likeness (QED) is 0.564. The Morgan fingerprint density at radius 1 is 1.36 bits per heavy atom. The van der Waals surface area contributed by atoms with Crippen molar-refractivity contribution in [3.8, 4) is 0 Å². The van der Waals surface area contributed by atoms with Crippen LogP contribution in [-0.4, -0.2) is 25.4 Å². The summed E-state index contributed by atoms with van der Waals surface area (Å²) in [7, 11) is 1.29. The second-order valence-corrected chi connectivity index (χ2v) is 2.70. The van der Waals surface area contributed by atoms with Gasteiger partial charge in [-0.2, -0.15) is 0 Å². The standard InChI is InChI=1S/C10H11NO3/c1-14-10(13)8-4-2-3-7(5-8)9(12)6-11/h2-5H,6,11H2,1H3. The van der Waals surface area contributed by atoms with Gasteiger partial charge in [0.1, 0.15) is 0 Å². The van der Waals surface area contributed by atoms with Gasteiger partial charge in [0.05, 0.1) is 19.2 Å². The maximum atomic E-state index is 11.2. The number of esters is 1. The molecule has 14 heavy (non-hydrogen) atoms. The van der Waals surface area contributed by atoms with Gasteiger partial charge in [-0.15, -0.1) is 0 Å². The molecule has 0 aliphatic carbocycles. The Morgan fingerprint density at radius 3 is 2.57 bits per heavy atom. The maximum absolute atomic E-state index is 11.2. The van der Waals surface area contributed by atoms with Crippen molar-refractivity contribution in [3.05, 3.63) is 35.4 Å². The molecule has 0 saturated heterocycles. The van der Waals surface area contributed by atoms with E-state index in [4.69, 9.17) is 5.73 Å². The van der Waals surface area contributed by atoms with Crippen LogP contribution in [0.3, 0.4) is 0 Å². The predicted octanol–water partition coefficient (Wildman–Crippen LogP) is 0.615. The van der Waals surface area contributed by atoms with E-state index in [1.165, 1.54) is 13.2 Å². The Bertz CT molecular complexity index is 329. The molecule has 0 aromatic heterocycles. The zero-order valence-corrected chi connectivity index (χ0v) is 7.82. The molecule has 0 aliphatic heterocycles. The SMILES string of the molecule is COC(=O)c1cccc(C(=O)CN)c1. The molecule has 0 amide bonds. The normalized spacial score (nSPS) is 9.57. The van der Waals surface area contributed by atoms with E-state index in [-0.39, 0.29) is 12.3 Å². The molecule has 1 rings (SSSR count). The van der Waals surface area contributed by atoms with Crippen LogP contribution in [0.15, 0.2) is 24.3 Å². The molecule has 74 valence electrons. The summed E-state index contributed by atoms with van der Waals surface area (Å²) in [6.07, 6.45) is 0. The topological polar surface area (TPSA) is 69.4 Å². The number of Topliss-reactive ketones (excluding diaryl/α,β-unsaturated/α-hetero) is 1. The summed E-state index contributed by atoms with van der Waals surface area (Å²) < 4.78 is 4.52. The number of ether oxygens (including phenoxy) is 1. The molecule has 1 aromatic rings. The molecular weight excluding hydrogens is 182 g/mol. The van der Waals surface area contributed by atoms with Gasteiger partial charge in [-0.25, -0.2) is 4.79 Å². The summed E-state index contributed by atoms with van der Waals surface area (Å²) in [6, 6.07) is 6.29. The fourth-order valence-electron chi connectivity index (χ4n) is 1.06. The van der Waals surface area contributed by atoms with E-state index >= 15 is 0 Å². The molecule has 0 bridgehead atoms. The lowest BCUT2D eigenvalue weighted by Crippen LogP contribution is -2.14. The average molecular weight is 193 g/mol. The van der Waals surface area contributed by atoms with Crippen LogP contribution < -0.4 is 5.73 Å². The Morgan fingerprint density at radius 2 is 2.00 bits per heavy atom. The first-order valence-corrected chi connectivity index (χ1v) is 4.10. The van der Waals surface area contributed by atoms with E-state index in [0.717, 1.165) is 0 Å². The van der Waals surface area contributed by atoms with E-state index in [9.17, 15) is 9.59 Å². The lowest BCUT2D eigenvalue weighted by atomic mass is 10.1. The highest BCUT2D eigenvalue weighted by Gasteiger charge is 2.08. The number of rotatable bonds is 3. The highest BCUT2D eigenvalue weighted by molar-refractivity contribution is 6.00. The molecule has 1 aromatic carbocycles.